The van der Waals surface area contributed by atoms with Crippen molar-refractivity contribution in [1.29, 1.82) is 0 Å². The second kappa shape index (κ2) is 6.84. The Hall–Kier alpha value is -1.32. The Labute approximate surface area is 137 Å². The molecular formula is C18H24ClN3. The molecule has 1 aromatic heterocycles. The summed E-state index contributed by atoms with van der Waals surface area (Å²) in [5, 5.41) is 5.66. The molecular weight excluding hydrogens is 294 g/mol. The Morgan fingerprint density at radius 3 is 2.82 bits per heavy atom. The summed E-state index contributed by atoms with van der Waals surface area (Å²) in [5.74, 6) is 0. The number of nitrogens with zero attached hydrogens (tertiary/aromatic N) is 2. The summed E-state index contributed by atoms with van der Waals surface area (Å²) in [6, 6.07) is 9.15. The second-order valence-electron chi connectivity index (χ2n) is 5.99. The number of benzene rings is 1. The van der Waals surface area contributed by atoms with Gasteiger partial charge in [-0.05, 0) is 56.6 Å². The molecule has 0 bridgehead atoms. The van der Waals surface area contributed by atoms with Crippen LogP contribution in [-0.4, -0.2) is 35.1 Å². The molecule has 2 aromatic rings. The highest BCUT2D eigenvalue weighted by Gasteiger charge is 2.30. The number of aromatic nitrogens is 1. The fraction of sp³-hybridized carbons (Fsp3) is 0.500. The van der Waals surface area contributed by atoms with Crippen LogP contribution in [0.1, 0.15) is 33.1 Å². The van der Waals surface area contributed by atoms with Crippen molar-refractivity contribution in [3.8, 4) is 0 Å². The maximum Gasteiger partial charge on any atom is 0.0737 e. The Morgan fingerprint density at radius 2 is 2.05 bits per heavy atom. The van der Waals surface area contributed by atoms with Gasteiger partial charge in [0.15, 0.2) is 0 Å². The van der Waals surface area contributed by atoms with E-state index in [0.29, 0.717) is 12.1 Å². The van der Waals surface area contributed by atoms with Gasteiger partial charge in [0.1, 0.15) is 0 Å². The highest BCUT2D eigenvalue weighted by atomic mass is 35.5. The highest BCUT2D eigenvalue weighted by molar-refractivity contribution is 6.31. The van der Waals surface area contributed by atoms with Crippen LogP contribution in [0.3, 0.4) is 0 Å². The number of halogens is 1. The quantitative estimate of drug-likeness (QED) is 0.876. The maximum absolute atomic E-state index is 6.08. The Balaban J connectivity index is 1.86. The van der Waals surface area contributed by atoms with Gasteiger partial charge in [-0.15, -0.1) is 0 Å². The molecule has 0 radical (unpaired) electrons. The second-order valence-corrected chi connectivity index (χ2v) is 6.43. The van der Waals surface area contributed by atoms with Gasteiger partial charge >= 0.3 is 0 Å². The number of likely N-dealkylation sites (N-methyl/N-ethyl adjacent to an activating group) is 1. The first-order chi connectivity index (χ1) is 10.7. The monoisotopic (exact) mass is 317 g/mol. The largest absolute Gasteiger partial charge is 0.380 e. The number of nitrogens with one attached hydrogen (secondary N) is 1. The molecule has 1 saturated carbocycles. The van der Waals surface area contributed by atoms with Gasteiger partial charge in [0.05, 0.1) is 5.52 Å². The van der Waals surface area contributed by atoms with Gasteiger partial charge in [0.2, 0.25) is 0 Å². The summed E-state index contributed by atoms with van der Waals surface area (Å²) >= 11 is 6.08. The van der Waals surface area contributed by atoms with E-state index in [1.54, 1.807) is 0 Å². The lowest BCUT2D eigenvalue weighted by Gasteiger charge is -2.32. The van der Waals surface area contributed by atoms with E-state index in [1.165, 1.54) is 24.9 Å². The number of hydrogen-bond donors (Lipinski definition) is 1. The van der Waals surface area contributed by atoms with Crippen LogP contribution in [0.25, 0.3) is 10.9 Å². The molecule has 3 nitrogen and oxygen atoms in total. The maximum atomic E-state index is 6.08. The third kappa shape index (κ3) is 3.06. The molecule has 0 saturated heterocycles. The van der Waals surface area contributed by atoms with Crippen LogP contribution in [0.4, 0.5) is 5.69 Å². The topological polar surface area (TPSA) is 28.2 Å². The highest BCUT2D eigenvalue weighted by Crippen LogP contribution is 2.30. The lowest BCUT2D eigenvalue weighted by molar-refractivity contribution is 0.210. The summed E-state index contributed by atoms with van der Waals surface area (Å²) in [7, 11) is 0. The van der Waals surface area contributed by atoms with Crippen LogP contribution >= 0.6 is 11.6 Å². The molecule has 0 spiro atoms. The zero-order valence-electron chi connectivity index (χ0n) is 13.3. The molecule has 0 aliphatic heterocycles. The Kier molecular flexibility index (Phi) is 4.84. The van der Waals surface area contributed by atoms with Crippen LogP contribution in [0.2, 0.25) is 5.02 Å². The number of fused-ring (bicyclic) bond motifs is 1. The van der Waals surface area contributed by atoms with Crippen LogP contribution < -0.4 is 5.32 Å². The molecule has 3 rings (SSSR count). The van der Waals surface area contributed by atoms with E-state index in [0.717, 1.165) is 29.0 Å². The van der Waals surface area contributed by atoms with Gasteiger partial charge in [0.25, 0.3) is 0 Å². The van der Waals surface area contributed by atoms with E-state index in [9.17, 15) is 0 Å². The van der Waals surface area contributed by atoms with Crippen molar-refractivity contribution in [2.24, 2.45) is 0 Å². The number of pyridine rings is 1. The van der Waals surface area contributed by atoms with E-state index in [1.807, 2.05) is 18.3 Å². The molecule has 4 heteroatoms. The van der Waals surface area contributed by atoms with Crippen LogP contribution in [0, 0.1) is 0 Å². The summed E-state index contributed by atoms with van der Waals surface area (Å²) < 4.78 is 0. The molecule has 1 aliphatic rings. The molecule has 2 unspecified atom stereocenters. The zero-order valence-corrected chi connectivity index (χ0v) is 14.1. The van der Waals surface area contributed by atoms with E-state index in [2.05, 4.69) is 41.2 Å². The van der Waals surface area contributed by atoms with E-state index in [4.69, 9.17) is 11.6 Å². The van der Waals surface area contributed by atoms with Crippen molar-refractivity contribution in [1.82, 2.24) is 9.88 Å². The van der Waals surface area contributed by atoms with Gasteiger partial charge in [-0.25, -0.2) is 0 Å². The number of rotatable bonds is 5. The van der Waals surface area contributed by atoms with E-state index >= 15 is 0 Å². The van der Waals surface area contributed by atoms with Crippen molar-refractivity contribution >= 4 is 28.2 Å². The lowest BCUT2D eigenvalue weighted by Crippen LogP contribution is -2.43. The van der Waals surface area contributed by atoms with E-state index < -0.39 is 0 Å². The van der Waals surface area contributed by atoms with Crippen molar-refractivity contribution in [2.75, 3.05) is 18.4 Å². The van der Waals surface area contributed by atoms with Gasteiger partial charge in [-0.3, -0.25) is 9.88 Å². The van der Waals surface area contributed by atoms with Gasteiger partial charge < -0.3 is 5.32 Å². The minimum Gasteiger partial charge on any atom is -0.380 e. The first-order valence-electron chi connectivity index (χ1n) is 8.27. The first kappa shape index (κ1) is 15.6. The van der Waals surface area contributed by atoms with Crippen molar-refractivity contribution in [2.45, 2.75) is 45.2 Å². The van der Waals surface area contributed by atoms with Gasteiger partial charge in [-0.2, -0.15) is 0 Å². The van der Waals surface area contributed by atoms with Gasteiger partial charge in [-0.1, -0.05) is 25.4 Å². The molecule has 1 fully saturated rings. The molecule has 0 amide bonds. The molecule has 1 aromatic carbocycles. The first-order valence-corrected chi connectivity index (χ1v) is 8.65. The summed E-state index contributed by atoms with van der Waals surface area (Å²) in [6.45, 7) is 6.74. The zero-order chi connectivity index (χ0) is 15.5. The molecule has 118 valence electrons. The van der Waals surface area contributed by atoms with Crippen molar-refractivity contribution in [3.05, 3.63) is 35.5 Å². The summed E-state index contributed by atoms with van der Waals surface area (Å²) in [5.41, 5.74) is 2.13. The lowest BCUT2D eigenvalue weighted by atomic mass is 10.1. The van der Waals surface area contributed by atoms with Crippen LogP contribution in [0.15, 0.2) is 30.5 Å². The molecule has 1 heterocycles. The Morgan fingerprint density at radius 1 is 1.23 bits per heavy atom. The van der Waals surface area contributed by atoms with Crippen LogP contribution in [-0.2, 0) is 0 Å². The predicted molar refractivity (Wildman–Crippen MR) is 94.7 cm³/mol. The third-order valence-corrected chi connectivity index (χ3v) is 5.04. The summed E-state index contributed by atoms with van der Waals surface area (Å²) in [4.78, 5) is 7.00. The average molecular weight is 318 g/mol. The average Bonchev–Trinajstić information content (AvgIpc) is 2.97. The fourth-order valence-electron chi connectivity index (χ4n) is 3.69. The van der Waals surface area contributed by atoms with Crippen molar-refractivity contribution < 1.29 is 0 Å². The smallest absolute Gasteiger partial charge is 0.0737 e. The van der Waals surface area contributed by atoms with E-state index in [-0.39, 0.29) is 0 Å². The predicted octanol–water partition coefficient (Wildman–Crippen LogP) is 4.56. The van der Waals surface area contributed by atoms with Crippen molar-refractivity contribution in [3.63, 3.8) is 0 Å². The number of hydrogen-bond acceptors (Lipinski definition) is 3. The fourth-order valence-corrected chi connectivity index (χ4v) is 3.85. The summed E-state index contributed by atoms with van der Waals surface area (Å²) in [6.07, 6.45) is 5.68. The van der Waals surface area contributed by atoms with Crippen LogP contribution in [0.5, 0.6) is 0 Å². The normalized spacial score (nSPS) is 21.6. The third-order valence-electron chi connectivity index (χ3n) is 4.81. The van der Waals surface area contributed by atoms with Gasteiger partial charge in [0, 0.05) is 34.4 Å². The molecule has 2 atom stereocenters. The standard InChI is InChI=1S/C18H24ClN3/c1-3-22(4-2)18-7-5-6-16(18)21-15-10-11-20-17-12-13(19)8-9-14(15)17/h8-12,16,18H,3-7H2,1-2H3,(H,20,21). The minimum atomic E-state index is 0.515. The molecule has 1 N–H and O–H groups in total. The Bertz CT molecular complexity index is 639. The number of anilines is 1. The molecule has 1 aliphatic carbocycles. The minimum absolute atomic E-state index is 0.515. The molecule has 22 heavy (non-hydrogen) atoms. The SMILES string of the molecule is CCN(CC)C1CCCC1Nc1ccnc2cc(Cl)ccc12.